The van der Waals surface area contributed by atoms with Gasteiger partial charge in [-0.3, -0.25) is 4.79 Å². The van der Waals surface area contributed by atoms with Gasteiger partial charge in [0.1, 0.15) is 23.3 Å². The van der Waals surface area contributed by atoms with Crippen LogP contribution in [0.2, 0.25) is 0 Å². The van der Waals surface area contributed by atoms with Crippen molar-refractivity contribution >= 4 is 29.4 Å². The van der Waals surface area contributed by atoms with Crippen LogP contribution in [-0.2, 0) is 4.79 Å². The van der Waals surface area contributed by atoms with Crippen LogP contribution in [0.15, 0.2) is 52.9 Å². The topological polar surface area (TPSA) is 52.9 Å². The van der Waals surface area contributed by atoms with Crippen LogP contribution in [0.5, 0.6) is 0 Å². The number of nitrogens with one attached hydrogen (secondary N) is 1. The summed E-state index contributed by atoms with van der Waals surface area (Å²) in [6, 6.07) is 9.96. The lowest BCUT2D eigenvalue weighted by Crippen LogP contribution is -2.13. The number of nitrogens with zero attached hydrogens (tertiary/aromatic N) is 1. The Morgan fingerprint density at radius 2 is 1.84 bits per heavy atom. The minimum Gasteiger partial charge on any atom is -0.321 e. The first-order chi connectivity index (χ1) is 11.9. The van der Waals surface area contributed by atoms with E-state index in [9.17, 15) is 22.4 Å². The Kier molecular flexibility index (Phi) is 6.19. The number of nitriles is 1. The summed E-state index contributed by atoms with van der Waals surface area (Å²) in [5, 5.41) is 11.5. The van der Waals surface area contributed by atoms with E-state index in [1.807, 2.05) is 0 Å². The maximum absolute atomic E-state index is 13.6. The summed E-state index contributed by atoms with van der Waals surface area (Å²) in [6.07, 6.45) is 0.991. The Labute approximate surface area is 145 Å². The Morgan fingerprint density at radius 1 is 1.16 bits per heavy atom. The van der Waals surface area contributed by atoms with E-state index in [4.69, 9.17) is 5.26 Å². The second-order valence-electron chi connectivity index (χ2n) is 4.69. The minimum absolute atomic E-state index is 0.114. The van der Waals surface area contributed by atoms with Crippen LogP contribution < -0.4 is 5.32 Å². The third-order valence-electron chi connectivity index (χ3n) is 2.96. The summed E-state index contributed by atoms with van der Waals surface area (Å²) in [4.78, 5) is 12.4. The normalized spacial score (nSPS) is 11.3. The lowest BCUT2D eigenvalue weighted by Gasteiger charge is -2.06. The van der Waals surface area contributed by atoms with Crippen molar-refractivity contribution in [3.63, 3.8) is 0 Å². The fourth-order valence-electron chi connectivity index (χ4n) is 1.84. The van der Waals surface area contributed by atoms with E-state index in [2.05, 4.69) is 5.32 Å². The predicted molar refractivity (Wildman–Crippen MR) is 86.9 cm³/mol. The molecule has 0 spiro atoms. The summed E-state index contributed by atoms with van der Waals surface area (Å²) >= 11 is 0.359. The molecule has 0 unspecified atom stereocenters. The fraction of sp³-hybridized carbons (Fsp3) is 0.0588. The zero-order valence-electron chi connectivity index (χ0n) is 12.5. The van der Waals surface area contributed by atoms with E-state index < -0.39 is 28.9 Å². The maximum atomic E-state index is 13.6. The van der Waals surface area contributed by atoms with Crippen molar-refractivity contribution in [3.05, 3.63) is 65.2 Å². The molecule has 0 aliphatic heterocycles. The van der Waals surface area contributed by atoms with Gasteiger partial charge in [0.25, 0.3) is 11.7 Å². The Morgan fingerprint density at radius 3 is 2.40 bits per heavy atom. The van der Waals surface area contributed by atoms with Crippen LogP contribution in [0.3, 0.4) is 0 Å². The minimum atomic E-state index is -2.56. The number of hydrogen-bond acceptors (Lipinski definition) is 3. The molecule has 25 heavy (non-hydrogen) atoms. The van der Waals surface area contributed by atoms with E-state index >= 15 is 0 Å². The van der Waals surface area contributed by atoms with Gasteiger partial charge in [-0.2, -0.15) is 14.0 Å². The first-order valence-corrected chi connectivity index (χ1v) is 7.70. The molecular formula is C17H10F4N2OS. The molecule has 0 fully saturated rings. The van der Waals surface area contributed by atoms with Gasteiger partial charge in [-0.25, -0.2) is 8.78 Å². The number of carbonyl (C=O) groups is 1. The lowest BCUT2D eigenvalue weighted by molar-refractivity contribution is -0.112. The summed E-state index contributed by atoms with van der Waals surface area (Å²) in [5.74, 6) is -5.05. The number of benzene rings is 2. The van der Waals surface area contributed by atoms with Gasteiger partial charge in [0.2, 0.25) is 0 Å². The molecule has 8 heteroatoms. The van der Waals surface area contributed by atoms with Crippen LogP contribution >= 0.6 is 11.8 Å². The van der Waals surface area contributed by atoms with E-state index in [0.29, 0.717) is 22.7 Å². The van der Waals surface area contributed by atoms with Crippen molar-refractivity contribution < 1.29 is 22.4 Å². The highest BCUT2D eigenvalue weighted by molar-refractivity contribution is 7.99. The van der Waals surface area contributed by atoms with Gasteiger partial charge in [-0.1, -0.05) is 11.8 Å². The van der Waals surface area contributed by atoms with Gasteiger partial charge in [0, 0.05) is 22.2 Å². The van der Waals surface area contributed by atoms with Crippen molar-refractivity contribution in [1.29, 1.82) is 5.26 Å². The van der Waals surface area contributed by atoms with Gasteiger partial charge in [0.15, 0.2) is 0 Å². The highest BCUT2D eigenvalue weighted by atomic mass is 32.2. The molecule has 2 aromatic rings. The maximum Gasteiger partial charge on any atom is 0.288 e. The van der Waals surface area contributed by atoms with Gasteiger partial charge < -0.3 is 5.32 Å². The van der Waals surface area contributed by atoms with Gasteiger partial charge in [-0.05, 0) is 42.5 Å². The number of amides is 1. The van der Waals surface area contributed by atoms with Gasteiger partial charge >= 0.3 is 0 Å². The Hall–Kier alpha value is -2.79. The molecule has 1 N–H and O–H groups in total. The van der Waals surface area contributed by atoms with E-state index in [0.717, 1.165) is 18.2 Å². The van der Waals surface area contributed by atoms with Crippen molar-refractivity contribution in [2.24, 2.45) is 0 Å². The molecule has 0 saturated carbocycles. The zero-order chi connectivity index (χ0) is 18.4. The third-order valence-corrected chi connectivity index (χ3v) is 3.69. The molecule has 0 radical (unpaired) electrons. The molecule has 2 aromatic carbocycles. The molecule has 1 amide bonds. The van der Waals surface area contributed by atoms with E-state index in [-0.39, 0.29) is 11.3 Å². The molecule has 0 aliphatic carbocycles. The molecule has 0 atom stereocenters. The molecule has 0 aromatic heterocycles. The van der Waals surface area contributed by atoms with Gasteiger partial charge in [-0.15, -0.1) is 0 Å². The number of halogens is 4. The smallest absolute Gasteiger partial charge is 0.288 e. The average molecular weight is 366 g/mol. The number of anilines is 1. The van der Waals surface area contributed by atoms with Crippen molar-refractivity contribution in [2.75, 3.05) is 5.32 Å². The fourth-order valence-corrected chi connectivity index (χ4v) is 2.34. The quantitative estimate of drug-likeness (QED) is 0.357. The number of hydrogen-bond donors (Lipinski definition) is 1. The number of thioether (sulfide) groups is 1. The zero-order valence-corrected chi connectivity index (χ0v) is 13.3. The van der Waals surface area contributed by atoms with E-state index in [1.165, 1.54) is 24.3 Å². The molecule has 0 bridgehead atoms. The molecule has 128 valence electrons. The summed E-state index contributed by atoms with van der Waals surface area (Å²) < 4.78 is 51.0. The second-order valence-corrected chi connectivity index (χ2v) is 5.76. The van der Waals surface area contributed by atoms with Crippen molar-refractivity contribution in [1.82, 2.24) is 0 Å². The molecule has 2 rings (SSSR count). The monoisotopic (exact) mass is 366 g/mol. The van der Waals surface area contributed by atoms with Crippen LogP contribution in [-0.4, -0.2) is 11.7 Å². The predicted octanol–water partition coefficient (Wildman–Crippen LogP) is 4.83. The van der Waals surface area contributed by atoms with Crippen molar-refractivity contribution in [3.8, 4) is 6.07 Å². The van der Waals surface area contributed by atoms with E-state index in [1.54, 1.807) is 6.07 Å². The largest absolute Gasteiger partial charge is 0.321 e. The standard InChI is InChI=1S/C17H10F4N2OS/c18-12-2-1-10(15(19)8-12)7-11(9-22)16(24)23-13-3-5-14(6-4-13)25-17(20)21/h1-8,17H,(H,23,24)/b11-7+. The third kappa shape index (κ3) is 5.36. The van der Waals surface area contributed by atoms with Crippen LogP contribution in [0.25, 0.3) is 6.08 Å². The highest BCUT2D eigenvalue weighted by Crippen LogP contribution is 2.26. The van der Waals surface area contributed by atoms with Gasteiger partial charge in [0.05, 0.1) is 0 Å². The van der Waals surface area contributed by atoms with Crippen LogP contribution in [0.4, 0.5) is 23.2 Å². The Balaban J connectivity index is 2.14. The number of carbonyl (C=O) groups excluding carboxylic acids is 1. The first kappa shape index (κ1) is 18.5. The molecule has 0 heterocycles. The van der Waals surface area contributed by atoms with Crippen LogP contribution in [0.1, 0.15) is 5.56 Å². The summed E-state index contributed by atoms with van der Waals surface area (Å²) in [5.41, 5.74) is -0.224. The average Bonchev–Trinajstić information content (AvgIpc) is 2.55. The number of alkyl halides is 2. The number of rotatable bonds is 5. The first-order valence-electron chi connectivity index (χ1n) is 6.82. The molecule has 0 aliphatic rings. The highest BCUT2D eigenvalue weighted by Gasteiger charge is 2.12. The Bertz CT molecular complexity index is 845. The molecular weight excluding hydrogens is 356 g/mol. The van der Waals surface area contributed by atoms with Crippen LogP contribution in [0, 0.1) is 23.0 Å². The SMILES string of the molecule is N#C/C(=C\c1ccc(F)cc1F)C(=O)Nc1ccc(SC(F)F)cc1. The molecule has 3 nitrogen and oxygen atoms in total. The molecule has 0 saturated heterocycles. The lowest BCUT2D eigenvalue weighted by atomic mass is 10.1. The summed E-state index contributed by atoms with van der Waals surface area (Å²) in [7, 11) is 0. The second kappa shape index (κ2) is 8.35. The summed E-state index contributed by atoms with van der Waals surface area (Å²) in [6.45, 7) is 0. The van der Waals surface area contributed by atoms with Crippen molar-refractivity contribution in [2.45, 2.75) is 10.7 Å².